The maximum Gasteiger partial charge on any atom is 0.108 e. The highest BCUT2D eigenvalue weighted by Crippen LogP contribution is 2.71. The van der Waals surface area contributed by atoms with Crippen LogP contribution in [0.3, 0.4) is 0 Å². The van der Waals surface area contributed by atoms with Crippen molar-refractivity contribution in [2.45, 2.75) is 88.9 Å². The van der Waals surface area contributed by atoms with E-state index in [0.29, 0.717) is 24.7 Å². The molecule has 0 saturated heterocycles. The van der Waals surface area contributed by atoms with Crippen LogP contribution in [0.4, 0.5) is 0 Å². The minimum absolute atomic E-state index is 0.139. The number of nitrogens with zero attached hydrogens (tertiary/aromatic N) is 1. The largest absolute Gasteiger partial charge is 0.393 e. The average molecular weight is 392 g/mol. The van der Waals surface area contributed by atoms with Gasteiger partial charge >= 0.3 is 0 Å². The lowest BCUT2D eigenvalue weighted by atomic mass is 9.43. The van der Waals surface area contributed by atoms with Crippen LogP contribution < -0.4 is 0 Å². The first-order valence-electron chi connectivity index (χ1n) is 10.8. The first-order valence-corrected chi connectivity index (χ1v) is 11.6. The summed E-state index contributed by atoms with van der Waals surface area (Å²) in [7, 11) is 0. The molecule has 4 aliphatic rings. The van der Waals surface area contributed by atoms with Gasteiger partial charge in [0, 0.05) is 11.6 Å². The molecule has 1 aromatic rings. The van der Waals surface area contributed by atoms with Gasteiger partial charge in [0.2, 0.25) is 0 Å². The van der Waals surface area contributed by atoms with Gasteiger partial charge in [-0.2, -0.15) is 0 Å². The molecule has 0 amide bonds. The molecular weight excluding hydrogens is 358 g/mol. The van der Waals surface area contributed by atoms with E-state index in [1.165, 1.54) is 11.3 Å². The molecule has 27 heavy (non-hydrogen) atoms. The van der Waals surface area contributed by atoms with Crippen molar-refractivity contribution >= 4 is 11.3 Å². The number of rotatable bonds is 1. The van der Waals surface area contributed by atoms with E-state index in [9.17, 15) is 15.3 Å². The van der Waals surface area contributed by atoms with Gasteiger partial charge in [-0.25, -0.2) is 0 Å². The Kier molecular flexibility index (Phi) is 3.96. The maximum absolute atomic E-state index is 12.1. The third-order valence-corrected chi connectivity index (χ3v) is 10.7. The van der Waals surface area contributed by atoms with E-state index in [0.717, 1.165) is 49.8 Å². The SMILES string of the molecule is C[C@]12CCC(O)CC1CC[C@@H]1[C@H]2CC[C@]2(C)C(O)(c3cncs3)CC[C@@]12O. The molecule has 3 unspecified atom stereocenters. The summed E-state index contributed by atoms with van der Waals surface area (Å²) in [5.41, 5.74) is -0.262. The van der Waals surface area contributed by atoms with Crippen LogP contribution in [0.2, 0.25) is 0 Å². The fraction of sp³-hybridized carbons (Fsp3) is 0.864. The molecule has 0 bridgehead atoms. The van der Waals surface area contributed by atoms with Crippen LogP contribution in [0.15, 0.2) is 11.7 Å². The number of aliphatic hydroxyl groups excluding tert-OH is 1. The van der Waals surface area contributed by atoms with Gasteiger partial charge in [0.25, 0.3) is 0 Å². The van der Waals surface area contributed by atoms with Crippen LogP contribution >= 0.6 is 11.3 Å². The zero-order valence-electron chi connectivity index (χ0n) is 16.5. The molecular formula is C22H33NO3S. The van der Waals surface area contributed by atoms with Crippen LogP contribution in [0.5, 0.6) is 0 Å². The van der Waals surface area contributed by atoms with Gasteiger partial charge in [-0.15, -0.1) is 11.3 Å². The molecule has 1 heterocycles. The smallest absolute Gasteiger partial charge is 0.108 e. The number of aromatic nitrogens is 1. The zero-order valence-corrected chi connectivity index (χ0v) is 17.3. The Bertz CT molecular complexity index is 725. The van der Waals surface area contributed by atoms with Gasteiger partial charge in [0.15, 0.2) is 0 Å². The minimum Gasteiger partial charge on any atom is -0.393 e. The second kappa shape index (κ2) is 5.78. The summed E-state index contributed by atoms with van der Waals surface area (Å²) in [5, 5.41) is 34.1. The second-order valence-corrected chi connectivity index (χ2v) is 11.3. The van der Waals surface area contributed by atoms with E-state index in [1.807, 2.05) is 0 Å². The predicted molar refractivity (Wildman–Crippen MR) is 105 cm³/mol. The number of thiazole rings is 1. The van der Waals surface area contributed by atoms with Crippen LogP contribution in [0, 0.1) is 28.6 Å². The first kappa shape index (κ1) is 18.5. The van der Waals surface area contributed by atoms with Crippen molar-refractivity contribution in [2.75, 3.05) is 0 Å². The highest BCUT2D eigenvalue weighted by molar-refractivity contribution is 7.09. The van der Waals surface area contributed by atoms with Crippen molar-refractivity contribution in [3.8, 4) is 0 Å². The quantitative estimate of drug-likeness (QED) is 0.680. The second-order valence-electron chi connectivity index (χ2n) is 10.4. The van der Waals surface area contributed by atoms with Crippen molar-refractivity contribution < 1.29 is 15.3 Å². The van der Waals surface area contributed by atoms with Crippen LogP contribution in [-0.2, 0) is 5.60 Å². The van der Waals surface area contributed by atoms with E-state index in [2.05, 4.69) is 18.8 Å². The molecule has 150 valence electrons. The average Bonchev–Trinajstić information content (AvgIpc) is 3.24. The summed E-state index contributed by atoms with van der Waals surface area (Å²) < 4.78 is 0. The predicted octanol–water partition coefficient (Wildman–Crippen LogP) is 3.85. The molecule has 3 N–H and O–H groups in total. The Balaban J connectivity index is 1.52. The highest BCUT2D eigenvalue weighted by atomic mass is 32.1. The Hall–Kier alpha value is -0.490. The Morgan fingerprint density at radius 2 is 1.81 bits per heavy atom. The van der Waals surface area contributed by atoms with Gasteiger partial charge in [0.1, 0.15) is 5.60 Å². The Morgan fingerprint density at radius 1 is 1.00 bits per heavy atom. The molecule has 1 aromatic heterocycles. The van der Waals surface area contributed by atoms with E-state index >= 15 is 0 Å². The number of hydrogen-bond donors (Lipinski definition) is 3. The maximum atomic E-state index is 12.1. The molecule has 0 aliphatic heterocycles. The normalized spacial score (nSPS) is 54.9. The monoisotopic (exact) mass is 391 g/mol. The molecule has 8 atom stereocenters. The lowest BCUT2D eigenvalue weighted by Gasteiger charge is -2.64. The van der Waals surface area contributed by atoms with Gasteiger partial charge in [-0.05, 0) is 81.0 Å². The molecule has 4 aliphatic carbocycles. The van der Waals surface area contributed by atoms with Gasteiger partial charge in [-0.1, -0.05) is 13.8 Å². The van der Waals surface area contributed by atoms with E-state index in [1.54, 1.807) is 11.7 Å². The molecule has 0 aromatic carbocycles. The summed E-state index contributed by atoms with van der Waals surface area (Å²) in [6.45, 7) is 4.56. The van der Waals surface area contributed by atoms with Gasteiger partial charge < -0.3 is 15.3 Å². The lowest BCUT2D eigenvalue weighted by Crippen LogP contribution is -2.64. The van der Waals surface area contributed by atoms with Gasteiger partial charge in [0.05, 0.1) is 22.1 Å². The Labute approximate surface area is 166 Å². The fourth-order valence-corrected chi connectivity index (χ4v) is 8.91. The molecule has 0 radical (unpaired) electrons. The van der Waals surface area contributed by atoms with Crippen molar-refractivity contribution in [3.63, 3.8) is 0 Å². The number of fused-ring (bicyclic) bond motifs is 5. The van der Waals surface area contributed by atoms with E-state index in [4.69, 9.17) is 0 Å². The first-order chi connectivity index (χ1) is 12.7. The standard InChI is InChI=1S/C22H33NO3S/c1-19-7-5-15(24)11-14(19)3-4-17-16(19)6-8-20(2)21(17,25)9-10-22(20,26)18-12-23-13-27-18/h12-17,24-26H,3-11H2,1-2H3/t14?,15?,16-,17-,19+,20+,21-,22?/m1/s1. The Morgan fingerprint density at radius 3 is 2.56 bits per heavy atom. The van der Waals surface area contributed by atoms with Crippen molar-refractivity contribution in [1.82, 2.24) is 4.98 Å². The van der Waals surface area contributed by atoms with Crippen LogP contribution in [0.1, 0.15) is 76.5 Å². The summed E-state index contributed by atoms with van der Waals surface area (Å²) in [6, 6.07) is 0. The molecule has 5 rings (SSSR count). The molecule has 4 saturated carbocycles. The third-order valence-electron chi connectivity index (χ3n) is 9.81. The number of hydrogen-bond acceptors (Lipinski definition) is 5. The summed E-state index contributed by atoms with van der Waals surface area (Å²) in [4.78, 5) is 5.13. The molecule has 4 nitrogen and oxygen atoms in total. The summed E-state index contributed by atoms with van der Waals surface area (Å²) in [5.74, 6) is 1.34. The number of aliphatic hydroxyl groups is 3. The van der Waals surface area contributed by atoms with Crippen LogP contribution in [-0.4, -0.2) is 32.0 Å². The minimum atomic E-state index is -0.964. The topological polar surface area (TPSA) is 73.6 Å². The molecule has 4 fully saturated rings. The summed E-state index contributed by atoms with van der Waals surface area (Å²) in [6.07, 6.45) is 9.95. The van der Waals surface area contributed by atoms with Crippen molar-refractivity contribution in [2.24, 2.45) is 28.6 Å². The van der Waals surface area contributed by atoms with E-state index in [-0.39, 0.29) is 17.4 Å². The lowest BCUT2D eigenvalue weighted by molar-refractivity contribution is -0.237. The molecule has 5 heteroatoms. The highest BCUT2D eigenvalue weighted by Gasteiger charge is 2.72. The van der Waals surface area contributed by atoms with Crippen LogP contribution in [0.25, 0.3) is 0 Å². The van der Waals surface area contributed by atoms with Crippen molar-refractivity contribution in [1.29, 1.82) is 0 Å². The molecule has 0 spiro atoms. The van der Waals surface area contributed by atoms with E-state index < -0.39 is 16.6 Å². The zero-order chi connectivity index (χ0) is 19.1. The fourth-order valence-electron chi connectivity index (χ4n) is 8.04. The van der Waals surface area contributed by atoms with Crippen molar-refractivity contribution in [3.05, 3.63) is 16.6 Å². The summed E-state index contributed by atoms with van der Waals surface area (Å²) >= 11 is 1.52. The van der Waals surface area contributed by atoms with Gasteiger partial charge in [-0.3, -0.25) is 4.98 Å². The third kappa shape index (κ3) is 2.18.